The molecular weight excluding hydrogens is 408 g/mol. The van der Waals surface area contributed by atoms with Crippen LogP contribution < -0.4 is 30.4 Å². The van der Waals surface area contributed by atoms with Gasteiger partial charge in [0.25, 0.3) is 0 Å². The van der Waals surface area contributed by atoms with Crippen molar-refractivity contribution in [3.63, 3.8) is 0 Å². The molecule has 8 nitrogen and oxygen atoms in total. The van der Waals surface area contributed by atoms with Gasteiger partial charge in [-0.1, -0.05) is 13.8 Å². The van der Waals surface area contributed by atoms with Crippen LogP contribution in [0.2, 0.25) is 0 Å². The van der Waals surface area contributed by atoms with Gasteiger partial charge >= 0.3 is 0 Å². The van der Waals surface area contributed by atoms with Gasteiger partial charge in [0.15, 0.2) is 11.5 Å². The van der Waals surface area contributed by atoms with Crippen molar-refractivity contribution in [1.82, 2.24) is 9.97 Å². The average molecular weight is 439 g/mol. The number of benzene rings is 2. The molecule has 8 heteroatoms. The maximum atomic E-state index is 6.36. The number of hydrogen-bond donors (Lipinski definition) is 2. The zero-order valence-electron chi connectivity index (χ0n) is 19.4. The zero-order chi connectivity index (χ0) is 23.4. The van der Waals surface area contributed by atoms with Gasteiger partial charge in [0.1, 0.15) is 17.3 Å². The molecule has 0 saturated heterocycles. The van der Waals surface area contributed by atoms with Crippen LogP contribution in [0.3, 0.4) is 0 Å². The van der Waals surface area contributed by atoms with E-state index in [4.69, 9.17) is 30.4 Å². The maximum Gasteiger partial charge on any atom is 0.222 e. The highest BCUT2D eigenvalue weighted by atomic mass is 16.5. The lowest BCUT2D eigenvalue weighted by Gasteiger charge is -2.20. The molecule has 0 aliphatic carbocycles. The molecule has 0 spiro atoms. The van der Waals surface area contributed by atoms with Gasteiger partial charge in [0.05, 0.1) is 34.1 Å². The summed E-state index contributed by atoms with van der Waals surface area (Å²) in [7, 11) is 6.44. The molecule has 2 aromatic carbocycles. The molecule has 0 bridgehead atoms. The van der Waals surface area contributed by atoms with Crippen molar-refractivity contribution in [3.05, 3.63) is 47.0 Å². The third-order valence-corrected chi connectivity index (χ3v) is 5.35. The van der Waals surface area contributed by atoms with Crippen molar-refractivity contribution in [2.75, 3.05) is 39.9 Å². The van der Waals surface area contributed by atoms with Crippen molar-refractivity contribution in [3.8, 4) is 34.3 Å². The van der Waals surface area contributed by atoms with Crippen LogP contribution in [0.25, 0.3) is 11.3 Å². The standard InChI is InChI=1S/C24H30N4O4/c1-13(2)17-12-21(32-6)20(31-5)10-14(17)9-18-22(27-24(26)28-23(18)25)16-8-7-15(29-3)11-19(16)30-4/h7-8,10-13H,9H2,1-6H3,(H4,25,26,27,28). The Labute approximate surface area is 188 Å². The molecule has 0 saturated carbocycles. The quantitative estimate of drug-likeness (QED) is 0.541. The minimum Gasteiger partial charge on any atom is -0.497 e. The summed E-state index contributed by atoms with van der Waals surface area (Å²) >= 11 is 0. The Morgan fingerprint density at radius 1 is 0.812 bits per heavy atom. The van der Waals surface area contributed by atoms with Gasteiger partial charge in [-0.05, 0) is 41.3 Å². The van der Waals surface area contributed by atoms with E-state index in [1.165, 1.54) is 0 Å². The molecule has 1 aromatic heterocycles. The van der Waals surface area contributed by atoms with E-state index < -0.39 is 0 Å². The Bertz CT molecular complexity index is 1120. The lowest BCUT2D eigenvalue weighted by atomic mass is 9.91. The monoisotopic (exact) mass is 438 g/mol. The average Bonchev–Trinajstić information content (AvgIpc) is 2.79. The summed E-state index contributed by atoms with van der Waals surface area (Å²) in [5.41, 5.74) is 16.6. The second-order valence-corrected chi connectivity index (χ2v) is 7.60. The summed E-state index contributed by atoms with van der Waals surface area (Å²) in [6.07, 6.45) is 0.477. The topological polar surface area (TPSA) is 115 Å². The van der Waals surface area contributed by atoms with Gasteiger partial charge in [-0.3, -0.25) is 0 Å². The third kappa shape index (κ3) is 4.49. The summed E-state index contributed by atoms with van der Waals surface area (Å²) in [6.45, 7) is 4.25. The summed E-state index contributed by atoms with van der Waals surface area (Å²) in [5, 5.41) is 0. The number of anilines is 2. The van der Waals surface area contributed by atoms with Gasteiger partial charge in [0, 0.05) is 23.6 Å². The number of aromatic nitrogens is 2. The van der Waals surface area contributed by atoms with Gasteiger partial charge in [-0.15, -0.1) is 0 Å². The number of nitrogens with zero attached hydrogens (tertiary/aromatic N) is 2. The van der Waals surface area contributed by atoms with E-state index in [1.54, 1.807) is 34.5 Å². The molecule has 0 amide bonds. The second kappa shape index (κ2) is 9.64. The lowest BCUT2D eigenvalue weighted by Crippen LogP contribution is -2.09. The summed E-state index contributed by atoms with van der Waals surface area (Å²) < 4.78 is 22.0. The van der Waals surface area contributed by atoms with Crippen LogP contribution in [0.1, 0.15) is 36.5 Å². The summed E-state index contributed by atoms with van der Waals surface area (Å²) in [4.78, 5) is 8.74. The Hall–Kier alpha value is -3.68. The van der Waals surface area contributed by atoms with Gasteiger partial charge in [-0.25, -0.2) is 4.98 Å². The molecule has 32 heavy (non-hydrogen) atoms. The van der Waals surface area contributed by atoms with Gasteiger partial charge < -0.3 is 30.4 Å². The van der Waals surface area contributed by atoms with Crippen LogP contribution >= 0.6 is 0 Å². The number of methoxy groups -OCH3 is 4. The normalized spacial score (nSPS) is 10.8. The van der Waals surface area contributed by atoms with Crippen molar-refractivity contribution in [2.45, 2.75) is 26.2 Å². The molecule has 0 atom stereocenters. The Morgan fingerprint density at radius 2 is 1.47 bits per heavy atom. The molecule has 0 radical (unpaired) electrons. The second-order valence-electron chi connectivity index (χ2n) is 7.60. The van der Waals surface area contributed by atoms with Gasteiger partial charge in [0.2, 0.25) is 5.95 Å². The number of rotatable bonds is 8. The summed E-state index contributed by atoms with van der Waals surface area (Å²) in [6, 6.07) is 9.48. The van der Waals surface area contributed by atoms with E-state index in [0.29, 0.717) is 40.9 Å². The predicted molar refractivity (Wildman–Crippen MR) is 126 cm³/mol. The van der Waals surface area contributed by atoms with Crippen LogP contribution in [-0.4, -0.2) is 38.4 Å². The fourth-order valence-corrected chi connectivity index (χ4v) is 3.73. The van der Waals surface area contributed by atoms with Gasteiger partial charge in [-0.2, -0.15) is 4.98 Å². The molecule has 1 heterocycles. The molecular formula is C24H30N4O4. The fraction of sp³-hybridized carbons (Fsp3) is 0.333. The van der Waals surface area contributed by atoms with Crippen molar-refractivity contribution >= 4 is 11.8 Å². The minimum atomic E-state index is 0.0931. The Morgan fingerprint density at radius 3 is 2.06 bits per heavy atom. The van der Waals surface area contributed by atoms with Crippen molar-refractivity contribution in [2.24, 2.45) is 0 Å². The molecule has 170 valence electrons. The highest BCUT2D eigenvalue weighted by molar-refractivity contribution is 5.75. The van der Waals surface area contributed by atoms with E-state index in [0.717, 1.165) is 22.3 Å². The predicted octanol–water partition coefficient (Wildman–Crippen LogP) is 4.06. The Balaban J connectivity index is 2.21. The van der Waals surface area contributed by atoms with Crippen LogP contribution in [0, 0.1) is 0 Å². The van der Waals surface area contributed by atoms with Crippen LogP contribution in [-0.2, 0) is 6.42 Å². The minimum absolute atomic E-state index is 0.0931. The van der Waals surface area contributed by atoms with E-state index in [2.05, 4.69) is 23.8 Å². The molecule has 0 unspecified atom stereocenters. The van der Waals surface area contributed by atoms with E-state index >= 15 is 0 Å². The Kier molecular flexibility index (Phi) is 6.92. The van der Waals surface area contributed by atoms with E-state index in [9.17, 15) is 0 Å². The zero-order valence-corrected chi connectivity index (χ0v) is 19.4. The molecule has 4 N–H and O–H groups in total. The highest BCUT2D eigenvalue weighted by Gasteiger charge is 2.21. The number of hydrogen-bond acceptors (Lipinski definition) is 8. The molecule has 3 rings (SSSR count). The van der Waals surface area contributed by atoms with Crippen LogP contribution in [0.5, 0.6) is 23.0 Å². The largest absolute Gasteiger partial charge is 0.497 e. The first-order valence-electron chi connectivity index (χ1n) is 10.2. The molecule has 0 aliphatic heterocycles. The number of nitrogen functional groups attached to an aromatic ring is 2. The van der Waals surface area contributed by atoms with E-state index in [1.807, 2.05) is 24.3 Å². The third-order valence-electron chi connectivity index (χ3n) is 5.35. The van der Waals surface area contributed by atoms with Crippen molar-refractivity contribution < 1.29 is 18.9 Å². The molecule has 0 aliphatic rings. The van der Waals surface area contributed by atoms with Crippen molar-refractivity contribution in [1.29, 1.82) is 0 Å². The fourth-order valence-electron chi connectivity index (χ4n) is 3.73. The molecule has 3 aromatic rings. The summed E-state index contributed by atoms with van der Waals surface area (Å²) in [5.74, 6) is 3.25. The van der Waals surface area contributed by atoms with Crippen LogP contribution in [0.4, 0.5) is 11.8 Å². The highest BCUT2D eigenvalue weighted by Crippen LogP contribution is 2.39. The maximum absolute atomic E-state index is 6.36. The first-order valence-corrected chi connectivity index (χ1v) is 10.2. The van der Waals surface area contributed by atoms with E-state index in [-0.39, 0.29) is 11.9 Å². The first-order chi connectivity index (χ1) is 15.3. The lowest BCUT2D eigenvalue weighted by molar-refractivity contribution is 0.354. The smallest absolute Gasteiger partial charge is 0.222 e. The SMILES string of the molecule is COc1ccc(-c2nc(N)nc(N)c2Cc2cc(OC)c(OC)cc2C(C)C)c(OC)c1. The first kappa shape index (κ1) is 23.0. The number of ether oxygens (including phenoxy) is 4. The number of nitrogens with two attached hydrogens (primary N) is 2. The van der Waals surface area contributed by atoms with Crippen LogP contribution in [0.15, 0.2) is 30.3 Å². The molecule has 0 fully saturated rings.